The number of aliphatic hydroxyl groups is 2. The summed E-state index contributed by atoms with van der Waals surface area (Å²) in [4.78, 5) is 0. The highest BCUT2D eigenvalue weighted by Gasteiger charge is 2.33. The predicted molar refractivity (Wildman–Crippen MR) is 113 cm³/mol. The maximum Gasteiger partial charge on any atom is 0.194 e. The molecule has 3 aromatic carbocycles. The van der Waals surface area contributed by atoms with Gasteiger partial charge in [0.2, 0.25) is 0 Å². The van der Waals surface area contributed by atoms with E-state index in [2.05, 4.69) is 0 Å². The van der Waals surface area contributed by atoms with Gasteiger partial charge in [0.1, 0.15) is 0 Å². The first kappa shape index (κ1) is 21.5. The van der Waals surface area contributed by atoms with Crippen LogP contribution < -0.4 is 9.47 Å². The average molecular weight is 410 g/mol. The summed E-state index contributed by atoms with van der Waals surface area (Å²) in [6, 6.07) is 19.7. The molecule has 0 heterocycles. The minimum absolute atomic E-state index is 0.0844. The Kier molecular flexibility index (Phi) is 6.20. The van der Waals surface area contributed by atoms with E-state index in [0.29, 0.717) is 0 Å². The molecule has 0 spiro atoms. The van der Waals surface area contributed by atoms with E-state index in [0.717, 1.165) is 16.7 Å². The highest BCUT2D eigenvalue weighted by molar-refractivity contribution is 5.56. The predicted octanol–water partition coefficient (Wildman–Crippen LogP) is 3.89. The second kappa shape index (κ2) is 8.65. The van der Waals surface area contributed by atoms with Crippen LogP contribution >= 0.6 is 0 Å². The Morgan fingerprint density at radius 2 is 1.10 bits per heavy atom. The Bertz CT molecular complexity index is 938. The third-order valence-electron chi connectivity index (χ3n) is 5.02. The zero-order chi connectivity index (χ0) is 21.9. The lowest BCUT2D eigenvalue weighted by Gasteiger charge is -2.33. The topological polar surface area (TPSA) is 99.4 Å². The van der Waals surface area contributed by atoms with Crippen molar-refractivity contribution in [2.75, 3.05) is 0 Å². The number of phenolic OH excluding ortho intramolecular Hbond substituents is 2. The molecular formula is C24H26O6. The van der Waals surface area contributed by atoms with Gasteiger partial charge in [0.15, 0.2) is 35.6 Å². The van der Waals surface area contributed by atoms with E-state index in [1.54, 1.807) is 24.3 Å². The Morgan fingerprint density at radius 1 is 0.667 bits per heavy atom. The molecule has 0 bridgehead atoms. The summed E-state index contributed by atoms with van der Waals surface area (Å²) < 4.78 is 10.7. The first-order valence-corrected chi connectivity index (χ1v) is 9.63. The van der Waals surface area contributed by atoms with Crippen LogP contribution in [0.5, 0.6) is 23.0 Å². The Balaban J connectivity index is 2.22. The van der Waals surface area contributed by atoms with Crippen LogP contribution in [0.15, 0.2) is 66.7 Å². The van der Waals surface area contributed by atoms with Gasteiger partial charge >= 0.3 is 0 Å². The monoisotopic (exact) mass is 410 g/mol. The first-order valence-electron chi connectivity index (χ1n) is 9.63. The largest absolute Gasteiger partial charge is 0.504 e. The fourth-order valence-corrected chi connectivity index (χ4v) is 3.48. The molecule has 0 aliphatic rings. The number of aliphatic hydroxyl groups excluding tert-OH is 2. The van der Waals surface area contributed by atoms with Gasteiger partial charge < -0.3 is 29.9 Å². The van der Waals surface area contributed by atoms with Crippen molar-refractivity contribution in [1.82, 2.24) is 0 Å². The Hall–Kier alpha value is -3.22. The van der Waals surface area contributed by atoms with Gasteiger partial charge in [0.05, 0.1) is 0 Å². The first-order chi connectivity index (χ1) is 14.2. The number of benzene rings is 3. The van der Waals surface area contributed by atoms with Crippen LogP contribution in [0, 0.1) is 0 Å². The fourth-order valence-electron chi connectivity index (χ4n) is 3.48. The van der Waals surface area contributed by atoms with Crippen molar-refractivity contribution in [3.63, 3.8) is 0 Å². The highest BCUT2D eigenvalue weighted by atomic mass is 16.6. The summed E-state index contributed by atoms with van der Waals surface area (Å²) in [5.41, 5.74) is 1.80. The molecule has 0 aromatic heterocycles. The summed E-state index contributed by atoms with van der Waals surface area (Å²) in [6.45, 7) is 4.92. The summed E-state index contributed by atoms with van der Waals surface area (Å²) in [7, 11) is 0. The molecule has 0 saturated carbocycles. The van der Waals surface area contributed by atoms with Crippen molar-refractivity contribution in [3.05, 3.63) is 83.4 Å². The number of aromatic hydroxyl groups is 2. The number of ether oxygens (including phenoxy) is 2. The van der Waals surface area contributed by atoms with Gasteiger partial charge in [-0.2, -0.15) is 0 Å². The van der Waals surface area contributed by atoms with Crippen molar-refractivity contribution in [2.24, 2.45) is 0 Å². The SMILES string of the molecule is CC(O)Oc1cc(C(C)(c2ccccc2)c2ccc(O)c(OC(C)O)c2)ccc1O. The number of phenols is 2. The number of hydrogen-bond acceptors (Lipinski definition) is 6. The van der Waals surface area contributed by atoms with E-state index >= 15 is 0 Å². The third-order valence-corrected chi connectivity index (χ3v) is 5.02. The van der Waals surface area contributed by atoms with E-state index in [4.69, 9.17) is 9.47 Å². The molecule has 0 fully saturated rings. The maximum atomic E-state index is 10.2. The van der Waals surface area contributed by atoms with Gasteiger partial charge in [-0.15, -0.1) is 0 Å². The normalized spacial score (nSPS) is 15.1. The minimum Gasteiger partial charge on any atom is -0.504 e. The molecule has 3 aromatic rings. The Labute approximate surface area is 175 Å². The lowest BCUT2D eigenvalue weighted by atomic mass is 9.71. The quantitative estimate of drug-likeness (QED) is 0.348. The van der Waals surface area contributed by atoms with Crippen molar-refractivity contribution in [2.45, 2.75) is 38.8 Å². The van der Waals surface area contributed by atoms with Gasteiger partial charge in [-0.3, -0.25) is 0 Å². The minimum atomic E-state index is -1.09. The van der Waals surface area contributed by atoms with Gasteiger partial charge in [-0.25, -0.2) is 0 Å². The Morgan fingerprint density at radius 3 is 1.50 bits per heavy atom. The molecule has 0 aliphatic carbocycles. The van der Waals surface area contributed by atoms with E-state index in [1.165, 1.54) is 26.0 Å². The smallest absolute Gasteiger partial charge is 0.194 e. The molecule has 3 rings (SSSR count). The van der Waals surface area contributed by atoms with Gasteiger partial charge in [0, 0.05) is 5.41 Å². The van der Waals surface area contributed by atoms with Crippen LogP contribution in [-0.2, 0) is 5.41 Å². The summed E-state index contributed by atoms with van der Waals surface area (Å²) in [6.07, 6.45) is -2.18. The van der Waals surface area contributed by atoms with Crippen molar-refractivity contribution >= 4 is 0 Å². The fraction of sp³-hybridized carbons (Fsp3) is 0.250. The summed E-state index contributed by atoms with van der Waals surface area (Å²) >= 11 is 0. The molecule has 6 nitrogen and oxygen atoms in total. The second-order valence-electron chi connectivity index (χ2n) is 7.29. The van der Waals surface area contributed by atoms with Crippen LogP contribution in [-0.4, -0.2) is 33.0 Å². The molecular weight excluding hydrogens is 384 g/mol. The highest BCUT2D eigenvalue weighted by Crippen LogP contribution is 2.44. The van der Waals surface area contributed by atoms with Crippen LogP contribution in [0.2, 0.25) is 0 Å². The third kappa shape index (κ3) is 4.35. The second-order valence-corrected chi connectivity index (χ2v) is 7.29. The molecule has 2 unspecified atom stereocenters. The lowest BCUT2D eigenvalue weighted by Crippen LogP contribution is -2.26. The zero-order valence-corrected chi connectivity index (χ0v) is 17.1. The van der Waals surface area contributed by atoms with Crippen molar-refractivity contribution < 1.29 is 29.9 Å². The molecule has 4 N–H and O–H groups in total. The molecule has 0 amide bonds. The summed E-state index contributed by atoms with van der Waals surface area (Å²) in [5.74, 6) is 0.144. The summed E-state index contributed by atoms with van der Waals surface area (Å²) in [5, 5.41) is 39.5. The van der Waals surface area contributed by atoms with E-state index in [-0.39, 0.29) is 23.0 Å². The van der Waals surface area contributed by atoms with Gasteiger partial charge in [-0.1, -0.05) is 42.5 Å². The number of hydrogen-bond donors (Lipinski definition) is 4. The van der Waals surface area contributed by atoms with Gasteiger partial charge in [0.25, 0.3) is 0 Å². The van der Waals surface area contributed by atoms with Crippen LogP contribution in [0.1, 0.15) is 37.5 Å². The molecule has 0 aliphatic heterocycles. The number of rotatable bonds is 7. The molecule has 30 heavy (non-hydrogen) atoms. The molecule has 6 heteroatoms. The van der Waals surface area contributed by atoms with Crippen LogP contribution in [0.4, 0.5) is 0 Å². The lowest BCUT2D eigenvalue weighted by molar-refractivity contribution is -0.00254. The van der Waals surface area contributed by atoms with Crippen LogP contribution in [0.3, 0.4) is 0 Å². The van der Waals surface area contributed by atoms with E-state index in [9.17, 15) is 20.4 Å². The van der Waals surface area contributed by atoms with Crippen molar-refractivity contribution in [3.8, 4) is 23.0 Å². The van der Waals surface area contributed by atoms with Crippen LogP contribution in [0.25, 0.3) is 0 Å². The van der Waals surface area contributed by atoms with E-state index < -0.39 is 18.0 Å². The zero-order valence-electron chi connectivity index (χ0n) is 17.1. The van der Waals surface area contributed by atoms with Gasteiger partial charge in [-0.05, 0) is 61.7 Å². The maximum absolute atomic E-state index is 10.2. The molecule has 2 atom stereocenters. The van der Waals surface area contributed by atoms with Crippen molar-refractivity contribution in [1.29, 1.82) is 0 Å². The molecule has 0 saturated heterocycles. The van der Waals surface area contributed by atoms with E-state index in [1.807, 2.05) is 37.3 Å². The average Bonchev–Trinajstić information content (AvgIpc) is 2.70. The molecule has 0 radical (unpaired) electrons. The molecule has 158 valence electrons. The standard InChI is InChI=1S/C24H26O6/c1-15(25)29-22-13-18(9-11-20(22)27)24(3,17-7-5-4-6-8-17)19-10-12-21(28)23(14-19)30-16(2)26/h4-16,25-28H,1-3H3.